The number of fused-ring (bicyclic) bond motifs is 8. The molecule has 0 N–H and O–H groups in total. The van der Waals surface area contributed by atoms with Gasteiger partial charge in [-0.3, -0.25) is 0 Å². The lowest BCUT2D eigenvalue weighted by molar-refractivity contribution is 0.660. The number of anilines is 8. The normalized spacial score (nSPS) is 15.8. The van der Waals surface area contributed by atoms with E-state index >= 15 is 0 Å². The Morgan fingerprint density at radius 1 is 0.402 bits per heavy atom. The molecule has 10 aromatic carbocycles. The van der Waals surface area contributed by atoms with Crippen molar-refractivity contribution < 1.29 is 0 Å². The molecule has 1 atom stereocenters. The van der Waals surface area contributed by atoms with Crippen molar-refractivity contribution in [3.8, 4) is 22.3 Å². The lowest BCUT2D eigenvalue weighted by Crippen LogP contribution is -2.38. The maximum atomic E-state index is 5.32. The van der Waals surface area contributed by atoms with Crippen molar-refractivity contribution in [1.29, 1.82) is 0 Å². The largest absolute Gasteiger partial charge is 0.310 e. The van der Waals surface area contributed by atoms with Gasteiger partial charge in [0.2, 0.25) is 0 Å². The van der Waals surface area contributed by atoms with Crippen LogP contribution in [0, 0.1) is 69.2 Å². The van der Waals surface area contributed by atoms with E-state index in [0.717, 1.165) is 51.0 Å². The molecule has 432 valence electrons. The summed E-state index contributed by atoms with van der Waals surface area (Å²) in [6.07, 6.45) is 6.95. The van der Waals surface area contributed by atoms with Gasteiger partial charge in [0.15, 0.2) is 0 Å². The second kappa shape index (κ2) is 21.1. The van der Waals surface area contributed by atoms with E-state index in [1.165, 1.54) is 123 Å². The molecule has 1 aliphatic heterocycles. The van der Waals surface area contributed by atoms with Gasteiger partial charge in [-0.05, 0) is 254 Å². The quantitative estimate of drug-likeness (QED) is 0.120. The highest BCUT2D eigenvalue weighted by Gasteiger charge is 2.47. The average Bonchev–Trinajstić information content (AvgIpc) is 1.50. The molecule has 0 aromatic heterocycles. The molecule has 0 fully saturated rings. The molecule has 0 bridgehead atoms. The molecular formula is C84H81N3. The molecule has 2 aliphatic carbocycles. The van der Waals surface area contributed by atoms with Gasteiger partial charge in [0.1, 0.15) is 0 Å². The first kappa shape index (κ1) is 56.9. The Hall–Kier alpha value is -9.18. The number of nitrogens with zero attached hydrogens (tertiary/aromatic N) is 3. The number of allylic oxidation sites excluding steroid dienone is 4. The van der Waals surface area contributed by atoms with Crippen molar-refractivity contribution in [2.45, 2.75) is 120 Å². The van der Waals surface area contributed by atoms with Crippen LogP contribution in [0.2, 0.25) is 0 Å². The van der Waals surface area contributed by atoms with Gasteiger partial charge in [-0.15, -0.1) is 0 Å². The molecule has 87 heavy (non-hydrogen) atoms. The van der Waals surface area contributed by atoms with Crippen molar-refractivity contribution in [1.82, 2.24) is 0 Å². The number of benzene rings is 10. The van der Waals surface area contributed by atoms with Crippen LogP contribution in [-0.4, -0.2) is 0 Å². The van der Waals surface area contributed by atoms with Crippen LogP contribution in [0.5, 0.6) is 0 Å². The third-order valence-electron chi connectivity index (χ3n) is 20.4. The molecule has 0 saturated carbocycles. The minimum atomic E-state index is -0.853. The lowest BCUT2D eigenvalue weighted by atomic mass is 9.62. The molecule has 10 aromatic rings. The molecule has 0 spiro atoms. The van der Waals surface area contributed by atoms with Crippen molar-refractivity contribution >= 4 is 45.5 Å². The van der Waals surface area contributed by atoms with Crippen LogP contribution in [0.25, 0.3) is 22.3 Å². The third kappa shape index (κ3) is 8.74. The fraction of sp³-hybridized carbons (Fsp3) is 0.214. The molecule has 0 radical (unpaired) electrons. The summed E-state index contributed by atoms with van der Waals surface area (Å²) in [4.78, 5) is 7.50. The van der Waals surface area contributed by atoms with E-state index < -0.39 is 5.41 Å². The van der Waals surface area contributed by atoms with Crippen molar-refractivity contribution in [3.05, 3.63) is 319 Å². The monoisotopic (exact) mass is 1130 g/mol. The Labute approximate surface area is 518 Å². The average molecular weight is 1130 g/mol. The molecule has 3 heteroatoms. The molecule has 3 aliphatic rings. The fourth-order valence-electron chi connectivity index (χ4n) is 15.4. The predicted octanol–water partition coefficient (Wildman–Crippen LogP) is 22.8. The highest BCUT2D eigenvalue weighted by atomic mass is 15.2. The Bertz CT molecular complexity index is 4540. The van der Waals surface area contributed by atoms with Crippen LogP contribution < -0.4 is 14.7 Å². The van der Waals surface area contributed by atoms with Crippen molar-refractivity contribution in [3.63, 3.8) is 0 Å². The number of rotatable bonds is 11. The van der Waals surface area contributed by atoms with E-state index in [1.807, 2.05) is 0 Å². The predicted molar refractivity (Wildman–Crippen MR) is 372 cm³/mol. The van der Waals surface area contributed by atoms with E-state index in [0.29, 0.717) is 0 Å². The minimum Gasteiger partial charge on any atom is -0.310 e. The molecule has 13 rings (SSSR count). The molecule has 0 saturated heterocycles. The summed E-state index contributed by atoms with van der Waals surface area (Å²) in [5, 5.41) is 0. The van der Waals surface area contributed by atoms with E-state index in [2.05, 4.69) is 325 Å². The smallest absolute Gasteiger partial charge is 0.0736 e. The first-order valence-corrected chi connectivity index (χ1v) is 31.1. The number of para-hydroxylation sites is 1. The Morgan fingerprint density at radius 3 is 1.48 bits per heavy atom. The van der Waals surface area contributed by atoms with Gasteiger partial charge < -0.3 is 14.7 Å². The van der Waals surface area contributed by atoms with Gasteiger partial charge >= 0.3 is 0 Å². The van der Waals surface area contributed by atoms with E-state index in [4.69, 9.17) is 6.58 Å². The maximum Gasteiger partial charge on any atom is 0.0736 e. The minimum absolute atomic E-state index is 0.164. The van der Waals surface area contributed by atoms with Crippen molar-refractivity contribution in [2.24, 2.45) is 0 Å². The first-order chi connectivity index (χ1) is 41.7. The Morgan fingerprint density at radius 2 is 0.885 bits per heavy atom. The molecule has 3 nitrogen and oxygen atoms in total. The molecule has 0 amide bonds. The van der Waals surface area contributed by atoms with Crippen LogP contribution in [0.4, 0.5) is 45.5 Å². The standard InChI is InChI=1S/C84H81N3/c1-17-63(85(80-55(6)47-53(4)58(9)60(80)11)66-41-43-70-68-24-18-20-26-72(68)82(13,14)75(70)49-66)38-33-57(8)84(74-28-22-23-29-78(74)87(65-36-30-51(2)31-37-65)79-45-32-52(3)46-77(79)84)62-34-39-64(40-35-62)86(81-56(7)48-54(5)59(10)61(81)12)67-42-44-71-69-25-19-21-27-73(69)83(15,16)76(71)50-67/h17-50H,8H2,1-7,9-16H3/b38-33-,63-17+. The Balaban J connectivity index is 1.02. The summed E-state index contributed by atoms with van der Waals surface area (Å²) in [6, 6.07) is 71.5. The van der Waals surface area contributed by atoms with Gasteiger partial charge in [0.25, 0.3) is 0 Å². The van der Waals surface area contributed by atoms with Crippen LogP contribution in [0.1, 0.15) is 129 Å². The summed E-state index contributed by atoms with van der Waals surface area (Å²) in [6.45, 7) is 39.6. The van der Waals surface area contributed by atoms with E-state index in [9.17, 15) is 0 Å². The highest BCUT2D eigenvalue weighted by molar-refractivity contribution is 5.92. The zero-order valence-corrected chi connectivity index (χ0v) is 53.7. The topological polar surface area (TPSA) is 9.72 Å². The fourth-order valence-corrected chi connectivity index (χ4v) is 15.4. The van der Waals surface area contributed by atoms with Gasteiger partial charge in [-0.25, -0.2) is 0 Å². The summed E-state index contributed by atoms with van der Waals surface area (Å²) in [7, 11) is 0. The third-order valence-corrected chi connectivity index (χ3v) is 20.4. The highest BCUT2D eigenvalue weighted by Crippen LogP contribution is 2.59. The van der Waals surface area contributed by atoms with Crippen LogP contribution in [0.15, 0.2) is 224 Å². The van der Waals surface area contributed by atoms with E-state index in [1.54, 1.807) is 0 Å². The summed E-state index contributed by atoms with van der Waals surface area (Å²) >= 11 is 0. The number of hydrogen-bond donors (Lipinski definition) is 0. The van der Waals surface area contributed by atoms with Gasteiger partial charge in [-0.1, -0.05) is 185 Å². The van der Waals surface area contributed by atoms with Crippen molar-refractivity contribution in [2.75, 3.05) is 14.7 Å². The lowest BCUT2D eigenvalue weighted by Gasteiger charge is -2.47. The molecule has 1 heterocycles. The zero-order chi connectivity index (χ0) is 61.2. The number of aryl methyl sites for hydroxylation is 6. The second-order valence-electron chi connectivity index (χ2n) is 26.3. The second-order valence-corrected chi connectivity index (χ2v) is 26.3. The number of hydrogen-bond acceptors (Lipinski definition) is 3. The molecular weight excluding hydrogens is 1050 g/mol. The van der Waals surface area contributed by atoms with Gasteiger partial charge in [-0.2, -0.15) is 0 Å². The first-order valence-electron chi connectivity index (χ1n) is 31.1. The summed E-state index contributed by atoms with van der Waals surface area (Å²) in [5.41, 5.74) is 36.8. The Kier molecular flexibility index (Phi) is 13.8. The summed E-state index contributed by atoms with van der Waals surface area (Å²) in [5.74, 6) is 0. The van der Waals surface area contributed by atoms with Crippen LogP contribution in [-0.2, 0) is 16.2 Å². The van der Waals surface area contributed by atoms with Gasteiger partial charge in [0, 0.05) is 39.3 Å². The van der Waals surface area contributed by atoms with E-state index in [-0.39, 0.29) is 10.8 Å². The van der Waals surface area contributed by atoms with Gasteiger partial charge in [0.05, 0.1) is 28.2 Å². The SMILES string of the molecule is C=C(/C=C\C(=C/C)N(c1ccc2c(c1)C(C)(C)c1ccccc1-2)c1c(C)cc(C)c(C)c1C)C1(c2ccc(N(c3ccc4c(c3)C(C)(C)c3ccccc3-4)c3c(C)cc(C)c(C)c3C)cc2)c2ccccc2N(c2ccc(C)cc2)c2ccc(C)cc21. The molecule has 1 unspecified atom stereocenters. The summed E-state index contributed by atoms with van der Waals surface area (Å²) < 4.78 is 0. The van der Waals surface area contributed by atoms with Crippen LogP contribution >= 0.6 is 0 Å². The zero-order valence-electron chi connectivity index (χ0n) is 53.7. The maximum absolute atomic E-state index is 5.32. The van der Waals surface area contributed by atoms with Crippen LogP contribution in [0.3, 0.4) is 0 Å².